The third-order valence-electron chi connectivity index (χ3n) is 2.37. The van der Waals surface area contributed by atoms with E-state index in [0.717, 1.165) is 5.56 Å². The summed E-state index contributed by atoms with van der Waals surface area (Å²) >= 11 is -3.14. The Morgan fingerprint density at radius 2 is 1.55 bits per heavy atom. The summed E-state index contributed by atoms with van der Waals surface area (Å²) in [5, 5.41) is 0. The monoisotopic (exact) mass is 409 g/mol. The van der Waals surface area contributed by atoms with Gasteiger partial charge in [0.2, 0.25) is 0 Å². The molecule has 0 aliphatic carbocycles. The molecule has 0 saturated heterocycles. The van der Waals surface area contributed by atoms with Gasteiger partial charge in [0.25, 0.3) is 0 Å². The van der Waals surface area contributed by atoms with E-state index in [1.54, 1.807) is 42.5 Å². The maximum Gasteiger partial charge on any atom is -0.344 e. The predicted octanol–water partition coefficient (Wildman–Crippen LogP) is 3.06. The second-order valence-electron chi connectivity index (χ2n) is 3.86. The topological polar surface area (TPSA) is 98.6 Å². The summed E-state index contributed by atoms with van der Waals surface area (Å²) in [6.07, 6.45) is 0. The van der Waals surface area contributed by atoms with Gasteiger partial charge in [-0.15, -0.1) is 0 Å². The second kappa shape index (κ2) is 7.14. The largest absolute Gasteiger partial charge is 0.344 e. The average Bonchev–Trinajstić information content (AvgIpc) is 2.40. The molecule has 4 N–H and O–H groups in total. The molecule has 0 bridgehead atoms. The van der Waals surface area contributed by atoms with Crippen LogP contribution in [0.3, 0.4) is 0 Å². The normalized spacial score (nSPS) is 11.6. The molecule has 0 atom stereocenters. The molecule has 0 unspecified atom stereocenters. The Morgan fingerprint density at radius 3 is 2.10 bits per heavy atom. The fourth-order valence-corrected chi connectivity index (χ4v) is 5.77. The van der Waals surface area contributed by atoms with Crippen LogP contribution in [0.25, 0.3) is 0 Å². The Labute approximate surface area is 126 Å². The molecule has 2 rings (SSSR count). The second-order valence-corrected chi connectivity index (χ2v) is 9.00. The summed E-state index contributed by atoms with van der Waals surface area (Å²) in [7, 11) is -3.90. The van der Waals surface area contributed by atoms with E-state index in [4.69, 9.17) is 2.51 Å². The fourth-order valence-electron chi connectivity index (χ4n) is 1.38. The van der Waals surface area contributed by atoms with E-state index in [1.165, 1.54) is 12.1 Å². The van der Waals surface area contributed by atoms with Gasteiger partial charge in [-0.2, -0.15) is 0 Å². The molecule has 20 heavy (non-hydrogen) atoms. The van der Waals surface area contributed by atoms with Crippen LogP contribution in [0.4, 0.5) is 0 Å². The zero-order chi connectivity index (χ0) is 13.9. The molecular formula is C13H16INO4S. The molecule has 5 nitrogen and oxygen atoms in total. The van der Waals surface area contributed by atoms with Crippen molar-refractivity contribution in [1.82, 2.24) is 6.15 Å². The zero-order valence-corrected chi connectivity index (χ0v) is 13.8. The van der Waals surface area contributed by atoms with Crippen molar-refractivity contribution in [3.05, 3.63) is 63.7 Å². The van der Waals surface area contributed by atoms with Crippen molar-refractivity contribution in [2.24, 2.45) is 0 Å². The quantitative estimate of drug-likeness (QED) is 0.757. The Kier molecular flexibility index (Phi) is 6.08. The molecule has 2 aromatic rings. The standard InChI is InChI=1S/C13H13IO4S.H3N/c1-11-7-9-13(10-8-11)19(16,17)18-14(15)12-5-3-2-4-6-12;/h2-10,15H,1H3;1H3. The van der Waals surface area contributed by atoms with Crippen LogP contribution < -0.4 is 6.15 Å². The Morgan fingerprint density at radius 1 is 1.00 bits per heavy atom. The number of aryl methyl sites for hydroxylation is 1. The number of benzene rings is 2. The van der Waals surface area contributed by atoms with E-state index in [2.05, 4.69) is 0 Å². The summed E-state index contributed by atoms with van der Waals surface area (Å²) in [4.78, 5) is 0.0605. The number of rotatable bonds is 4. The van der Waals surface area contributed by atoms with Crippen LogP contribution in [-0.2, 0) is 12.6 Å². The molecule has 0 saturated carbocycles. The van der Waals surface area contributed by atoms with E-state index in [0.29, 0.717) is 3.57 Å². The van der Waals surface area contributed by atoms with Crippen molar-refractivity contribution >= 4 is 30.8 Å². The molecule has 0 fully saturated rings. The third-order valence-corrected chi connectivity index (χ3v) is 7.73. The molecule has 2 aromatic carbocycles. The summed E-state index contributed by atoms with van der Waals surface area (Å²) in [5.41, 5.74) is 0.960. The Balaban J connectivity index is 0.00000200. The summed E-state index contributed by atoms with van der Waals surface area (Å²) < 4.78 is 39.4. The van der Waals surface area contributed by atoms with Crippen molar-refractivity contribution in [3.63, 3.8) is 0 Å². The van der Waals surface area contributed by atoms with E-state index in [1.807, 2.05) is 6.92 Å². The van der Waals surface area contributed by atoms with Gasteiger partial charge in [0.05, 0.1) is 0 Å². The molecule has 0 amide bonds. The van der Waals surface area contributed by atoms with Crippen LogP contribution in [0.5, 0.6) is 0 Å². The number of halogens is 1. The van der Waals surface area contributed by atoms with Gasteiger partial charge in [-0.1, -0.05) is 0 Å². The minimum atomic E-state index is -3.90. The maximum absolute atomic E-state index is 12.0. The third kappa shape index (κ3) is 4.25. The van der Waals surface area contributed by atoms with E-state index in [9.17, 15) is 11.9 Å². The smallest absolute Gasteiger partial charge is 0.344 e. The molecular weight excluding hydrogens is 393 g/mol. The van der Waals surface area contributed by atoms with Crippen LogP contribution in [0.1, 0.15) is 5.56 Å². The van der Waals surface area contributed by atoms with Gasteiger partial charge in [0, 0.05) is 0 Å². The molecule has 7 heteroatoms. The van der Waals surface area contributed by atoms with Crippen LogP contribution in [0.2, 0.25) is 0 Å². The van der Waals surface area contributed by atoms with Gasteiger partial charge in [0.1, 0.15) is 0 Å². The van der Waals surface area contributed by atoms with E-state index >= 15 is 0 Å². The Hall–Kier alpha value is -1.00. The van der Waals surface area contributed by atoms with Crippen LogP contribution in [0, 0.1) is 10.5 Å². The molecule has 0 heterocycles. The van der Waals surface area contributed by atoms with Crippen molar-refractivity contribution < 1.29 is 14.4 Å². The maximum atomic E-state index is 12.0. The number of hydrogen-bond acceptors (Lipinski definition) is 5. The molecule has 0 aliphatic rings. The first-order chi connectivity index (χ1) is 8.99. The minimum absolute atomic E-state index is 0. The van der Waals surface area contributed by atoms with Crippen molar-refractivity contribution in [3.8, 4) is 0 Å². The van der Waals surface area contributed by atoms with Crippen LogP contribution >= 0.6 is 20.6 Å². The molecule has 0 aromatic heterocycles. The first kappa shape index (κ1) is 17.1. The van der Waals surface area contributed by atoms with E-state index in [-0.39, 0.29) is 11.0 Å². The van der Waals surface area contributed by atoms with Gasteiger partial charge in [-0.3, -0.25) is 0 Å². The van der Waals surface area contributed by atoms with Gasteiger partial charge in [-0.05, 0) is 0 Å². The van der Waals surface area contributed by atoms with Gasteiger partial charge in [-0.25, -0.2) is 0 Å². The molecule has 110 valence electrons. The predicted molar refractivity (Wildman–Crippen MR) is 85.8 cm³/mol. The van der Waals surface area contributed by atoms with Crippen LogP contribution in [0.15, 0.2) is 59.5 Å². The van der Waals surface area contributed by atoms with Gasteiger partial charge in [0.15, 0.2) is 0 Å². The van der Waals surface area contributed by atoms with E-state index < -0.39 is 30.8 Å². The SMILES string of the molecule is Cc1ccc(S(=O)(=O)OI(O)c2ccccc2)cc1.N. The van der Waals surface area contributed by atoms with Crippen molar-refractivity contribution in [2.45, 2.75) is 11.8 Å². The number of hydrogen-bond donors (Lipinski definition) is 2. The first-order valence-electron chi connectivity index (χ1n) is 5.45. The zero-order valence-electron chi connectivity index (χ0n) is 10.9. The minimum Gasteiger partial charge on any atom is -0.344 e. The van der Waals surface area contributed by atoms with Crippen molar-refractivity contribution in [2.75, 3.05) is 0 Å². The summed E-state index contributed by atoms with van der Waals surface area (Å²) in [6, 6.07) is 14.9. The Bertz CT molecular complexity index is 644. The van der Waals surface area contributed by atoms with Gasteiger partial charge >= 0.3 is 121 Å². The first-order valence-corrected chi connectivity index (χ1v) is 9.78. The van der Waals surface area contributed by atoms with Crippen molar-refractivity contribution in [1.29, 1.82) is 0 Å². The van der Waals surface area contributed by atoms with Crippen LogP contribution in [-0.4, -0.2) is 11.9 Å². The molecule has 0 radical (unpaired) electrons. The molecule has 0 spiro atoms. The fraction of sp³-hybridized carbons (Fsp3) is 0.0769. The summed E-state index contributed by atoms with van der Waals surface area (Å²) in [6.45, 7) is 1.87. The molecule has 0 aliphatic heterocycles. The summed E-state index contributed by atoms with van der Waals surface area (Å²) in [5.74, 6) is 0. The van der Waals surface area contributed by atoms with Gasteiger partial charge < -0.3 is 6.15 Å². The average molecular weight is 409 g/mol.